The molecular weight excluding hydrogens is 244 g/mol. The predicted octanol–water partition coefficient (Wildman–Crippen LogP) is 1.72. The van der Waals surface area contributed by atoms with Crippen LogP contribution in [0.3, 0.4) is 0 Å². The zero-order valence-electron chi connectivity index (χ0n) is 12.8. The lowest BCUT2D eigenvalue weighted by atomic mass is 10.1. The van der Waals surface area contributed by atoms with Gasteiger partial charge >= 0.3 is 5.97 Å². The molecule has 5 heteroatoms. The number of amides is 1. The molecule has 0 aliphatic heterocycles. The fourth-order valence-electron chi connectivity index (χ4n) is 2.03. The topological polar surface area (TPSA) is 69.6 Å². The molecule has 0 aliphatic rings. The van der Waals surface area contributed by atoms with Crippen molar-refractivity contribution in [2.45, 2.75) is 59.5 Å². The Bertz CT molecular complexity index is 294. The van der Waals surface area contributed by atoms with E-state index in [0.717, 1.165) is 12.8 Å². The first-order valence-corrected chi connectivity index (χ1v) is 7.10. The molecule has 3 unspecified atom stereocenters. The van der Waals surface area contributed by atoms with Gasteiger partial charge in [-0.25, -0.2) is 0 Å². The highest BCUT2D eigenvalue weighted by molar-refractivity contribution is 5.81. The molecule has 0 rings (SSSR count). The van der Waals surface area contributed by atoms with E-state index < -0.39 is 11.9 Å². The van der Waals surface area contributed by atoms with Gasteiger partial charge in [-0.2, -0.15) is 0 Å². The van der Waals surface area contributed by atoms with Gasteiger partial charge in [0.1, 0.15) is 0 Å². The van der Waals surface area contributed by atoms with Crippen LogP contribution in [0.1, 0.15) is 47.5 Å². The first-order valence-electron chi connectivity index (χ1n) is 7.10. The Balaban J connectivity index is 4.44. The second-order valence-corrected chi connectivity index (χ2v) is 5.20. The van der Waals surface area contributed by atoms with Crippen molar-refractivity contribution < 1.29 is 14.7 Å². The molecule has 0 aromatic heterocycles. The highest BCUT2D eigenvalue weighted by atomic mass is 16.4. The summed E-state index contributed by atoms with van der Waals surface area (Å²) in [5, 5.41) is 11.9. The Kier molecular flexibility index (Phi) is 8.39. The Morgan fingerprint density at radius 1 is 1.21 bits per heavy atom. The summed E-state index contributed by atoms with van der Waals surface area (Å²) in [7, 11) is 0. The van der Waals surface area contributed by atoms with E-state index in [9.17, 15) is 9.59 Å². The molecule has 112 valence electrons. The molecule has 0 saturated carbocycles. The van der Waals surface area contributed by atoms with Gasteiger partial charge in [-0.1, -0.05) is 27.2 Å². The van der Waals surface area contributed by atoms with E-state index in [1.54, 1.807) is 6.92 Å². The number of nitrogens with zero attached hydrogens (tertiary/aromatic N) is 1. The number of carboxylic acid groups (broad SMARTS) is 1. The van der Waals surface area contributed by atoms with Gasteiger partial charge in [0, 0.05) is 12.6 Å². The predicted molar refractivity (Wildman–Crippen MR) is 76.0 cm³/mol. The number of aliphatic carboxylic acids is 1. The molecule has 0 aromatic rings. The zero-order chi connectivity index (χ0) is 15.0. The van der Waals surface area contributed by atoms with Crippen LogP contribution in [0.15, 0.2) is 0 Å². The van der Waals surface area contributed by atoms with E-state index in [0.29, 0.717) is 13.1 Å². The molecule has 1 amide bonds. The van der Waals surface area contributed by atoms with Gasteiger partial charge in [0.2, 0.25) is 5.91 Å². The van der Waals surface area contributed by atoms with Crippen LogP contribution < -0.4 is 5.32 Å². The van der Waals surface area contributed by atoms with E-state index in [4.69, 9.17) is 5.11 Å². The van der Waals surface area contributed by atoms with Crippen molar-refractivity contribution in [3.8, 4) is 0 Å². The van der Waals surface area contributed by atoms with Crippen LogP contribution in [0.4, 0.5) is 0 Å². The van der Waals surface area contributed by atoms with Crippen LogP contribution in [0, 0.1) is 5.92 Å². The SMILES string of the molecule is CCCC(C)NC(=O)C(C)N(CC)CC(C)C(=O)O. The van der Waals surface area contributed by atoms with Gasteiger partial charge in [-0.05, 0) is 26.8 Å². The van der Waals surface area contributed by atoms with Gasteiger partial charge in [0.25, 0.3) is 0 Å². The number of carbonyl (C=O) groups is 2. The first-order chi connectivity index (χ1) is 8.83. The number of carbonyl (C=O) groups excluding carboxylic acids is 1. The van der Waals surface area contributed by atoms with E-state index in [2.05, 4.69) is 12.2 Å². The minimum atomic E-state index is -0.828. The van der Waals surface area contributed by atoms with E-state index in [1.807, 2.05) is 25.7 Å². The number of likely N-dealkylation sites (N-methyl/N-ethyl adjacent to an activating group) is 1. The number of carboxylic acids is 1. The third-order valence-electron chi connectivity index (χ3n) is 3.37. The van der Waals surface area contributed by atoms with Gasteiger partial charge in [0.15, 0.2) is 0 Å². The van der Waals surface area contributed by atoms with Crippen molar-refractivity contribution >= 4 is 11.9 Å². The van der Waals surface area contributed by atoms with Crippen LogP contribution in [0.5, 0.6) is 0 Å². The summed E-state index contributed by atoms with van der Waals surface area (Å²) >= 11 is 0. The van der Waals surface area contributed by atoms with Gasteiger partial charge in [-0.15, -0.1) is 0 Å². The molecule has 19 heavy (non-hydrogen) atoms. The van der Waals surface area contributed by atoms with E-state index >= 15 is 0 Å². The van der Waals surface area contributed by atoms with Crippen molar-refractivity contribution in [2.75, 3.05) is 13.1 Å². The van der Waals surface area contributed by atoms with E-state index in [1.165, 1.54) is 0 Å². The average Bonchev–Trinajstić information content (AvgIpc) is 2.34. The number of hydrogen-bond acceptors (Lipinski definition) is 3. The lowest BCUT2D eigenvalue weighted by Gasteiger charge is -2.29. The second-order valence-electron chi connectivity index (χ2n) is 5.20. The quantitative estimate of drug-likeness (QED) is 0.670. The molecule has 0 spiro atoms. The molecule has 0 saturated heterocycles. The highest BCUT2D eigenvalue weighted by Gasteiger charge is 2.24. The summed E-state index contributed by atoms with van der Waals surface area (Å²) in [4.78, 5) is 24.9. The lowest BCUT2D eigenvalue weighted by Crippen LogP contribution is -2.49. The second kappa shape index (κ2) is 8.91. The van der Waals surface area contributed by atoms with Gasteiger partial charge < -0.3 is 10.4 Å². The third kappa shape index (κ3) is 6.57. The lowest BCUT2D eigenvalue weighted by molar-refractivity contribution is -0.142. The summed E-state index contributed by atoms with van der Waals surface area (Å²) in [6.45, 7) is 10.6. The van der Waals surface area contributed by atoms with E-state index in [-0.39, 0.29) is 18.0 Å². The Hall–Kier alpha value is -1.10. The van der Waals surface area contributed by atoms with Crippen molar-refractivity contribution in [1.82, 2.24) is 10.2 Å². The summed E-state index contributed by atoms with van der Waals surface area (Å²) in [5.74, 6) is -1.32. The first kappa shape index (κ1) is 17.9. The van der Waals surface area contributed by atoms with Crippen molar-refractivity contribution in [2.24, 2.45) is 5.92 Å². The fraction of sp³-hybridized carbons (Fsp3) is 0.857. The molecule has 0 radical (unpaired) electrons. The smallest absolute Gasteiger partial charge is 0.307 e. The van der Waals surface area contributed by atoms with Crippen molar-refractivity contribution in [3.05, 3.63) is 0 Å². The molecule has 2 N–H and O–H groups in total. The van der Waals surface area contributed by atoms with Crippen LogP contribution in [-0.4, -0.2) is 47.1 Å². The minimum absolute atomic E-state index is 0.0274. The normalized spacial score (nSPS) is 15.9. The number of hydrogen-bond donors (Lipinski definition) is 2. The Morgan fingerprint density at radius 3 is 2.21 bits per heavy atom. The largest absolute Gasteiger partial charge is 0.481 e. The molecule has 0 bridgehead atoms. The highest BCUT2D eigenvalue weighted by Crippen LogP contribution is 2.06. The molecular formula is C14H28N2O3. The maximum absolute atomic E-state index is 12.1. The van der Waals surface area contributed by atoms with Gasteiger partial charge in [0.05, 0.1) is 12.0 Å². The summed E-state index contributed by atoms with van der Waals surface area (Å²) in [6, 6.07) is -0.137. The molecule has 3 atom stereocenters. The summed E-state index contributed by atoms with van der Waals surface area (Å²) < 4.78 is 0. The standard InChI is InChI=1S/C14H28N2O3/c1-6-8-11(4)15-13(17)12(5)16(7-2)9-10(3)14(18)19/h10-12H,6-9H2,1-5H3,(H,15,17)(H,18,19). The maximum Gasteiger partial charge on any atom is 0.307 e. The van der Waals surface area contributed by atoms with Crippen LogP contribution in [0.2, 0.25) is 0 Å². The third-order valence-corrected chi connectivity index (χ3v) is 3.37. The van der Waals surface area contributed by atoms with Crippen molar-refractivity contribution in [3.63, 3.8) is 0 Å². The Labute approximate surface area is 116 Å². The zero-order valence-corrected chi connectivity index (χ0v) is 12.8. The monoisotopic (exact) mass is 272 g/mol. The van der Waals surface area contributed by atoms with Crippen LogP contribution in [0.25, 0.3) is 0 Å². The molecule has 5 nitrogen and oxygen atoms in total. The number of nitrogens with one attached hydrogen (secondary N) is 1. The molecule has 0 heterocycles. The average molecular weight is 272 g/mol. The molecule has 0 fully saturated rings. The van der Waals surface area contributed by atoms with Gasteiger partial charge in [-0.3, -0.25) is 14.5 Å². The summed E-state index contributed by atoms with van der Waals surface area (Å²) in [6.07, 6.45) is 1.99. The fourth-order valence-corrected chi connectivity index (χ4v) is 2.03. The molecule has 0 aliphatic carbocycles. The minimum Gasteiger partial charge on any atom is -0.481 e. The number of rotatable bonds is 9. The van der Waals surface area contributed by atoms with Crippen LogP contribution >= 0.6 is 0 Å². The Morgan fingerprint density at radius 2 is 1.79 bits per heavy atom. The van der Waals surface area contributed by atoms with Crippen LogP contribution in [-0.2, 0) is 9.59 Å². The molecule has 0 aromatic carbocycles. The summed E-state index contributed by atoms with van der Waals surface area (Å²) in [5.41, 5.74) is 0. The maximum atomic E-state index is 12.1. The van der Waals surface area contributed by atoms with Crippen molar-refractivity contribution in [1.29, 1.82) is 0 Å².